The van der Waals surface area contributed by atoms with Crippen LogP contribution in [0, 0.1) is 11.8 Å². The van der Waals surface area contributed by atoms with E-state index in [1.165, 1.54) is 30.6 Å². The number of rotatable bonds is 7. The second kappa shape index (κ2) is 10.3. The summed E-state index contributed by atoms with van der Waals surface area (Å²) in [5.74, 6) is 1.35. The lowest BCUT2D eigenvalue weighted by atomic mass is 9.82. The number of fused-ring (bicyclic) bond motifs is 1. The lowest BCUT2D eigenvalue weighted by molar-refractivity contribution is 0.0943. The Bertz CT molecular complexity index is 1030. The largest absolute Gasteiger partial charge is 0.352 e. The molecule has 4 nitrogen and oxygen atoms in total. The van der Waals surface area contributed by atoms with Crippen molar-refractivity contribution in [3.05, 3.63) is 60.2 Å². The average molecular weight is 434 g/mol. The molecule has 2 aromatic carbocycles. The van der Waals surface area contributed by atoms with Gasteiger partial charge < -0.3 is 10.6 Å². The Hall–Kier alpha value is -2.37. The van der Waals surface area contributed by atoms with Crippen LogP contribution in [-0.4, -0.2) is 37.3 Å². The SMILES string of the molecule is CNCC1CCC(CNC(=O)c2cc(-c3ccc(SC)cc3)nc3ccccc23)CC1. The summed E-state index contributed by atoms with van der Waals surface area (Å²) in [4.78, 5) is 19.2. The van der Waals surface area contributed by atoms with Crippen LogP contribution >= 0.6 is 11.8 Å². The quantitative estimate of drug-likeness (QED) is 0.491. The highest BCUT2D eigenvalue weighted by Gasteiger charge is 2.22. The van der Waals surface area contributed by atoms with E-state index in [1.54, 1.807) is 11.8 Å². The van der Waals surface area contributed by atoms with Crippen molar-refractivity contribution in [3.8, 4) is 11.3 Å². The van der Waals surface area contributed by atoms with Crippen molar-refractivity contribution < 1.29 is 4.79 Å². The number of amides is 1. The minimum absolute atomic E-state index is 0.00191. The van der Waals surface area contributed by atoms with E-state index >= 15 is 0 Å². The third-order valence-corrected chi connectivity index (χ3v) is 7.10. The fourth-order valence-electron chi connectivity index (χ4n) is 4.53. The molecule has 0 aliphatic heterocycles. The minimum Gasteiger partial charge on any atom is -0.352 e. The summed E-state index contributed by atoms with van der Waals surface area (Å²) in [7, 11) is 2.02. The molecule has 0 spiro atoms. The van der Waals surface area contributed by atoms with Gasteiger partial charge in [0.15, 0.2) is 0 Å². The first-order valence-electron chi connectivity index (χ1n) is 11.1. The first-order chi connectivity index (χ1) is 15.2. The fraction of sp³-hybridized carbons (Fsp3) is 0.385. The average Bonchev–Trinajstić information content (AvgIpc) is 2.83. The van der Waals surface area contributed by atoms with Crippen LogP contribution in [0.25, 0.3) is 22.2 Å². The van der Waals surface area contributed by atoms with Crippen LogP contribution in [0.2, 0.25) is 0 Å². The van der Waals surface area contributed by atoms with Gasteiger partial charge in [0, 0.05) is 22.4 Å². The first-order valence-corrected chi connectivity index (χ1v) is 12.4. The second-order valence-corrected chi connectivity index (χ2v) is 9.33. The molecule has 1 heterocycles. The minimum atomic E-state index is -0.00191. The van der Waals surface area contributed by atoms with Crippen LogP contribution in [0.5, 0.6) is 0 Å². The number of benzene rings is 2. The molecule has 31 heavy (non-hydrogen) atoms. The van der Waals surface area contributed by atoms with E-state index in [-0.39, 0.29) is 5.91 Å². The van der Waals surface area contributed by atoms with Crippen LogP contribution in [0.4, 0.5) is 0 Å². The lowest BCUT2D eigenvalue weighted by Gasteiger charge is -2.28. The smallest absolute Gasteiger partial charge is 0.252 e. The molecule has 1 fully saturated rings. The zero-order valence-corrected chi connectivity index (χ0v) is 19.2. The zero-order chi connectivity index (χ0) is 21.6. The maximum absolute atomic E-state index is 13.2. The van der Waals surface area contributed by atoms with Crippen molar-refractivity contribution in [2.45, 2.75) is 30.6 Å². The van der Waals surface area contributed by atoms with Gasteiger partial charge in [-0.3, -0.25) is 4.79 Å². The molecule has 2 N–H and O–H groups in total. The van der Waals surface area contributed by atoms with Crippen molar-refractivity contribution in [2.75, 3.05) is 26.4 Å². The number of aromatic nitrogens is 1. The van der Waals surface area contributed by atoms with E-state index in [0.29, 0.717) is 11.5 Å². The van der Waals surface area contributed by atoms with Crippen molar-refractivity contribution in [1.82, 2.24) is 15.6 Å². The highest BCUT2D eigenvalue weighted by Crippen LogP contribution is 2.29. The molecule has 3 aromatic rings. The molecule has 1 aliphatic rings. The molecule has 1 aliphatic carbocycles. The van der Waals surface area contributed by atoms with E-state index in [1.807, 2.05) is 37.4 Å². The number of hydrogen-bond acceptors (Lipinski definition) is 4. The molecule has 1 amide bonds. The topological polar surface area (TPSA) is 54.0 Å². The predicted molar refractivity (Wildman–Crippen MR) is 131 cm³/mol. The predicted octanol–water partition coefficient (Wildman–Crippen LogP) is 5.38. The van der Waals surface area contributed by atoms with Crippen molar-refractivity contribution >= 4 is 28.6 Å². The Morgan fingerprint density at radius 1 is 1.00 bits per heavy atom. The molecule has 0 atom stereocenters. The van der Waals surface area contributed by atoms with Crippen LogP contribution < -0.4 is 10.6 Å². The second-order valence-electron chi connectivity index (χ2n) is 8.46. The number of carbonyl (C=O) groups is 1. The lowest BCUT2D eigenvalue weighted by Crippen LogP contribution is -2.32. The standard InChI is InChI=1S/C26H31N3OS/c1-27-16-18-7-9-19(10-8-18)17-28-26(30)23-15-25(20-11-13-21(31-2)14-12-20)29-24-6-4-3-5-22(23)24/h3-6,11-15,18-19,27H,7-10,16-17H2,1-2H3,(H,28,30). The number of thioether (sulfide) groups is 1. The highest BCUT2D eigenvalue weighted by atomic mass is 32.2. The maximum Gasteiger partial charge on any atom is 0.252 e. The Balaban J connectivity index is 1.52. The normalized spacial score (nSPS) is 18.8. The van der Waals surface area contributed by atoms with Gasteiger partial charge in [-0.1, -0.05) is 30.3 Å². The van der Waals surface area contributed by atoms with Crippen molar-refractivity contribution in [1.29, 1.82) is 0 Å². The van der Waals surface area contributed by atoms with E-state index in [4.69, 9.17) is 4.98 Å². The molecule has 4 rings (SSSR count). The number of pyridine rings is 1. The van der Waals surface area contributed by atoms with E-state index in [0.717, 1.165) is 41.2 Å². The Morgan fingerprint density at radius 2 is 1.68 bits per heavy atom. The molecule has 0 radical (unpaired) electrons. The summed E-state index contributed by atoms with van der Waals surface area (Å²) >= 11 is 1.72. The third kappa shape index (κ3) is 5.28. The van der Waals surface area contributed by atoms with E-state index in [2.05, 4.69) is 41.2 Å². The zero-order valence-electron chi connectivity index (χ0n) is 18.4. The Morgan fingerprint density at radius 3 is 2.35 bits per heavy atom. The van der Waals surface area contributed by atoms with E-state index < -0.39 is 0 Å². The van der Waals surface area contributed by atoms with E-state index in [9.17, 15) is 4.79 Å². The summed E-state index contributed by atoms with van der Waals surface area (Å²) < 4.78 is 0. The van der Waals surface area contributed by atoms with Crippen molar-refractivity contribution in [2.24, 2.45) is 11.8 Å². The molecule has 1 aromatic heterocycles. The molecule has 0 bridgehead atoms. The summed E-state index contributed by atoms with van der Waals surface area (Å²) in [6.07, 6.45) is 6.94. The Kier molecular flexibility index (Phi) is 7.25. The molecule has 0 saturated heterocycles. The Labute approximate surface area is 189 Å². The van der Waals surface area contributed by atoms with Crippen LogP contribution in [0.1, 0.15) is 36.0 Å². The first kappa shape index (κ1) is 21.8. The highest BCUT2D eigenvalue weighted by molar-refractivity contribution is 7.98. The number of nitrogens with zero attached hydrogens (tertiary/aromatic N) is 1. The van der Waals surface area contributed by atoms with Crippen LogP contribution in [-0.2, 0) is 0 Å². The van der Waals surface area contributed by atoms with Crippen LogP contribution in [0.3, 0.4) is 0 Å². The van der Waals surface area contributed by atoms with Crippen LogP contribution in [0.15, 0.2) is 59.5 Å². The number of hydrogen-bond donors (Lipinski definition) is 2. The van der Waals surface area contributed by atoms with Gasteiger partial charge in [0.2, 0.25) is 0 Å². The molecule has 1 saturated carbocycles. The number of carbonyl (C=O) groups excluding carboxylic acids is 1. The molecular formula is C26H31N3OS. The van der Waals surface area contributed by atoms with Gasteiger partial charge in [-0.15, -0.1) is 11.8 Å². The summed E-state index contributed by atoms with van der Waals surface area (Å²) in [5.41, 5.74) is 3.43. The molecule has 0 unspecified atom stereocenters. The van der Waals surface area contributed by atoms with Gasteiger partial charge in [-0.2, -0.15) is 0 Å². The monoisotopic (exact) mass is 433 g/mol. The summed E-state index contributed by atoms with van der Waals surface area (Å²) in [6, 6.07) is 18.2. The summed E-state index contributed by atoms with van der Waals surface area (Å²) in [5, 5.41) is 7.41. The molecule has 5 heteroatoms. The third-order valence-electron chi connectivity index (χ3n) is 6.36. The van der Waals surface area contributed by atoms with Gasteiger partial charge in [0.1, 0.15) is 0 Å². The maximum atomic E-state index is 13.2. The van der Waals surface area contributed by atoms with Crippen molar-refractivity contribution in [3.63, 3.8) is 0 Å². The van der Waals surface area contributed by atoms with Gasteiger partial charge >= 0.3 is 0 Å². The number of para-hydroxylation sites is 1. The number of nitrogens with one attached hydrogen (secondary N) is 2. The summed E-state index contributed by atoms with van der Waals surface area (Å²) in [6.45, 7) is 1.85. The van der Waals surface area contributed by atoms with Gasteiger partial charge in [-0.25, -0.2) is 4.98 Å². The molecular weight excluding hydrogens is 402 g/mol. The fourth-order valence-corrected chi connectivity index (χ4v) is 4.94. The van der Waals surface area contributed by atoms with Gasteiger partial charge in [-0.05, 0) is 81.6 Å². The van der Waals surface area contributed by atoms with Gasteiger partial charge in [0.25, 0.3) is 5.91 Å². The molecule has 162 valence electrons. The van der Waals surface area contributed by atoms with Gasteiger partial charge in [0.05, 0.1) is 16.8 Å².